The predicted octanol–water partition coefficient (Wildman–Crippen LogP) is 6.58. The van der Waals surface area contributed by atoms with Crippen LogP contribution >= 0.6 is 11.6 Å². The summed E-state index contributed by atoms with van der Waals surface area (Å²) in [4.78, 5) is 23.6. The van der Waals surface area contributed by atoms with Crippen LogP contribution in [0, 0.1) is 17.6 Å². The van der Waals surface area contributed by atoms with Crippen LogP contribution in [0.5, 0.6) is 0 Å². The number of benzene rings is 2. The Balaban J connectivity index is 1.43. The van der Waals surface area contributed by atoms with Gasteiger partial charge >= 0.3 is 0 Å². The molecule has 0 saturated carbocycles. The number of hydrogen-bond acceptors (Lipinski definition) is 4. The number of fused-ring (bicyclic) bond motifs is 1. The van der Waals surface area contributed by atoms with Gasteiger partial charge in [-0.05, 0) is 87.1 Å². The molecule has 1 aliphatic heterocycles. The molecular weight excluding hydrogens is 482 g/mol. The summed E-state index contributed by atoms with van der Waals surface area (Å²) in [7, 11) is 1.90. The maximum atomic E-state index is 14.2. The molecule has 2 heterocycles. The van der Waals surface area contributed by atoms with E-state index in [9.17, 15) is 13.6 Å². The van der Waals surface area contributed by atoms with Crippen LogP contribution in [0.4, 0.5) is 20.2 Å². The number of aromatic nitrogens is 1. The van der Waals surface area contributed by atoms with Crippen LogP contribution in [0.3, 0.4) is 0 Å². The number of amidine groups is 1. The van der Waals surface area contributed by atoms with E-state index >= 15 is 0 Å². The molecule has 1 fully saturated rings. The molecule has 1 saturated heterocycles. The van der Waals surface area contributed by atoms with Crippen molar-refractivity contribution in [1.82, 2.24) is 4.98 Å². The summed E-state index contributed by atoms with van der Waals surface area (Å²) in [6.07, 6.45) is 6.25. The first-order valence-corrected chi connectivity index (χ1v) is 12.3. The number of carbonyl (C=O) groups is 1. The molecule has 36 heavy (non-hydrogen) atoms. The third-order valence-corrected chi connectivity index (χ3v) is 7.08. The number of anilines is 2. The zero-order chi connectivity index (χ0) is 25.8. The number of aliphatic imine (C=N–C) groups is 1. The Bertz CT molecular complexity index is 1330. The molecule has 0 atom stereocenters. The van der Waals surface area contributed by atoms with Crippen molar-refractivity contribution in [2.24, 2.45) is 10.9 Å². The second-order valence-electron chi connectivity index (χ2n) is 9.16. The molecular formula is C28H29ClF2N4O. The fourth-order valence-electron chi connectivity index (χ4n) is 4.71. The number of hydrogen-bond donors (Lipinski definition) is 0. The molecule has 188 valence electrons. The lowest BCUT2D eigenvalue weighted by molar-refractivity contribution is -0.104. The van der Waals surface area contributed by atoms with E-state index in [-0.39, 0.29) is 5.39 Å². The van der Waals surface area contributed by atoms with Gasteiger partial charge in [-0.1, -0.05) is 11.6 Å². The summed E-state index contributed by atoms with van der Waals surface area (Å²) in [6, 6.07) is 10.4. The topological polar surface area (TPSA) is 48.8 Å². The molecule has 0 spiro atoms. The van der Waals surface area contributed by atoms with E-state index in [0.29, 0.717) is 28.6 Å². The second kappa shape index (κ2) is 11.2. The van der Waals surface area contributed by atoms with E-state index in [0.717, 1.165) is 55.0 Å². The minimum atomic E-state index is -0.838. The van der Waals surface area contributed by atoms with Crippen LogP contribution in [0.1, 0.15) is 32.3 Å². The lowest BCUT2D eigenvalue weighted by Gasteiger charge is -2.34. The third-order valence-electron chi connectivity index (χ3n) is 6.77. The average Bonchev–Trinajstić information content (AvgIpc) is 2.87. The lowest BCUT2D eigenvalue weighted by atomic mass is 9.89. The Morgan fingerprint density at radius 1 is 1.22 bits per heavy atom. The van der Waals surface area contributed by atoms with Gasteiger partial charge < -0.3 is 9.80 Å². The number of piperidine rings is 1. The molecule has 2 aromatic carbocycles. The highest BCUT2D eigenvalue weighted by molar-refractivity contribution is 6.33. The molecule has 0 bridgehead atoms. The Morgan fingerprint density at radius 2 is 1.97 bits per heavy atom. The van der Waals surface area contributed by atoms with Gasteiger partial charge in [0, 0.05) is 43.1 Å². The second-order valence-corrected chi connectivity index (χ2v) is 9.57. The van der Waals surface area contributed by atoms with E-state index in [2.05, 4.69) is 14.9 Å². The first kappa shape index (κ1) is 25.8. The first-order chi connectivity index (χ1) is 17.3. The molecule has 0 radical (unpaired) electrons. The molecule has 0 unspecified atom stereocenters. The molecule has 1 aliphatic rings. The van der Waals surface area contributed by atoms with Crippen molar-refractivity contribution in [3.8, 4) is 0 Å². The molecule has 5 nitrogen and oxygen atoms in total. The van der Waals surface area contributed by atoms with E-state index in [1.54, 1.807) is 25.3 Å². The molecule has 1 aromatic heterocycles. The molecule has 4 rings (SSSR count). The monoisotopic (exact) mass is 510 g/mol. The highest BCUT2D eigenvalue weighted by atomic mass is 35.5. The normalized spacial score (nSPS) is 15.4. The number of aldehydes is 1. The van der Waals surface area contributed by atoms with Crippen LogP contribution in [0.15, 0.2) is 59.4 Å². The van der Waals surface area contributed by atoms with Crippen LogP contribution in [0.2, 0.25) is 5.02 Å². The fraction of sp³-hybridized carbons (Fsp3) is 0.321. The zero-order valence-electron chi connectivity index (χ0n) is 20.6. The third kappa shape index (κ3) is 5.57. The van der Waals surface area contributed by atoms with E-state index in [4.69, 9.17) is 11.6 Å². The highest BCUT2D eigenvalue weighted by Gasteiger charge is 2.23. The van der Waals surface area contributed by atoms with Crippen molar-refractivity contribution >= 4 is 46.0 Å². The lowest BCUT2D eigenvalue weighted by Crippen LogP contribution is -2.34. The van der Waals surface area contributed by atoms with Crippen LogP contribution < -0.4 is 9.80 Å². The summed E-state index contributed by atoms with van der Waals surface area (Å²) in [5, 5.41) is 0.888. The Kier molecular flexibility index (Phi) is 7.99. The Morgan fingerprint density at radius 3 is 2.67 bits per heavy atom. The minimum Gasteiger partial charge on any atom is -0.370 e. The van der Waals surface area contributed by atoms with Gasteiger partial charge in [0.25, 0.3) is 0 Å². The molecule has 3 aromatic rings. The Labute approximate surface area is 215 Å². The summed E-state index contributed by atoms with van der Waals surface area (Å²) in [5.41, 5.74) is 3.79. The summed E-state index contributed by atoms with van der Waals surface area (Å²) >= 11 is 6.68. The van der Waals surface area contributed by atoms with Crippen molar-refractivity contribution in [2.45, 2.75) is 33.1 Å². The SMILES string of the molecule is CC(=N/C(C)=C\C=O)N(C)c1ccc(N2CCC(Cc3cc(F)c(F)c4cccnc34)CC2)c(Cl)c1. The zero-order valence-corrected chi connectivity index (χ0v) is 21.4. The Hall–Kier alpha value is -3.32. The molecule has 8 heteroatoms. The summed E-state index contributed by atoms with van der Waals surface area (Å²) in [6.45, 7) is 5.30. The number of rotatable bonds is 6. The van der Waals surface area contributed by atoms with Crippen molar-refractivity contribution in [3.05, 3.63) is 76.6 Å². The fourth-order valence-corrected chi connectivity index (χ4v) is 5.00. The number of halogens is 3. The van der Waals surface area contributed by atoms with Crippen LogP contribution in [-0.2, 0) is 11.2 Å². The predicted molar refractivity (Wildman–Crippen MR) is 143 cm³/mol. The number of pyridine rings is 1. The molecule has 0 amide bonds. The van der Waals surface area contributed by atoms with Gasteiger partial charge in [0.15, 0.2) is 11.6 Å². The molecule has 0 N–H and O–H groups in total. The van der Waals surface area contributed by atoms with E-state index in [1.807, 2.05) is 37.1 Å². The van der Waals surface area contributed by atoms with Gasteiger partial charge in [-0.3, -0.25) is 9.78 Å². The van der Waals surface area contributed by atoms with E-state index in [1.165, 1.54) is 12.1 Å². The summed E-state index contributed by atoms with van der Waals surface area (Å²) < 4.78 is 28.4. The maximum absolute atomic E-state index is 14.2. The van der Waals surface area contributed by atoms with Crippen molar-refractivity contribution in [1.29, 1.82) is 0 Å². The maximum Gasteiger partial charge on any atom is 0.168 e. The smallest absolute Gasteiger partial charge is 0.168 e. The van der Waals surface area contributed by atoms with Gasteiger partial charge in [0.1, 0.15) is 12.1 Å². The average molecular weight is 511 g/mol. The van der Waals surface area contributed by atoms with Gasteiger partial charge in [0.2, 0.25) is 0 Å². The number of carbonyl (C=O) groups excluding carboxylic acids is 1. The van der Waals surface area contributed by atoms with E-state index < -0.39 is 11.6 Å². The van der Waals surface area contributed by atoms with Crippen molar-refractivity contribution < 1.29 is 13.6 Å². The van der Waals surface area contributed by atoms with Crippen LogP contribution in [0.25, 0.3) is 10.9 Å². The number of allylic oxidation sites excluding steroid dienone is 2. The van der Waals surface area contributed by atoms with Gasteiger partial charge in [-0.15, -0.1) is 0 Å². The number of nitrogens with zero attached hydrogens (tertiary/aromatic N) is 4. The van der Waals surface area contributed by atoms with Gasteiger partial charge in [-0.25, -0.2) is 13.8 Å². The van der Waals surface area contributed by atoms with Gasteiger partial charge in [0.05, 0.1) is 16.2 Å². The van der Waals surface area contributed by atoms with Crippen molar-refractivity contribution in [2.75, 3.05) is 29.9 Å². The quantitative estimate of drug-likeness (QED) is 0.162. The summed E-state index contributed by atoms with van der Waals surface area (Å²) in [5.74, 6) is -0.569. The highest BCUT2D eigenvalue weighted by Crippen LogP contribution is 2.34. The first-order valence-electron chi connectivity index (χ1n) is 12.0. The molecule has 0 aliphatic carbocycles. The largest absolute Gasteiger partial charge is 0.370 e. The van der Waals surface area contributed by atoms with Gasteiger partial charge in [-0.2, -0.15) is 0 Å². The minimum absolute atomic E-state index is 0.233. The van der Waals surface area contributed by atoms with Crippen LogP contribution in [-0.4, -0.2) is 37.2 Å². The van der Waals surface area contributed by atoms with Crippen molar-refractivity contribution in [3.63, 3.8) is 0 Å². The standard InChI is InChI=1S/C28H29ClF2N4O/c1-18(10-14-36)33-19(2)34(3)22-6-7-26(24(29)17-22)35-12-8-20(9-13-35)15-21-16-25(30)27(31)23-5-4-11-32-28(21)23/h4-7,10-11,14,16-17,20H,8-9,12-13,15H2,1-3H3/b18-10-,33-19?.